The first-order valence-corrected chi connectivity index (χ1v) is 8.16. The Labute approximate surface area is 139 Å². The lowest BCUT2D eigenvalue weighted by Gasteiger charge is -2.37. The Balaban J connectivity index is 1.79. The Morgan fingerprint density at radius 2 is 1.82 bits per heavy atom. The first-order valence-electron chi connectivity index (χ1n) is 7.36. The molecule has 0 bridgehead atoms. The molecule has 1 saturated heterocycles. The third-order valence-corrected chi connectivity index (χ3v) is 4.61. The van der Waals surface area contributed by atoms with Crippen molar-refractivity contribution in [2.24, 2.45) is 0 Å². The Morgan fingerprint density at radius 1 is 1.14 bits per heavy atom. The highest BCUT2D eigenvalue weighted by atomic mass is 79.9. The number of carbonyl (C=O) groups is 1. The van der Waals surface area contributed by atoms with E-state index in [1.54, 1.807) is 0 Å². The van der Waals surface area contributed by atoms with Crippen LogP contribution in [0.3, 0.4) is 0 Å². The molecule has 22 heavy (non-hydrogen) atoms. The molecule has 0 unspecified atom stereocenters. The third kappa shape index (κ3) is 3.23. The second kappa shape index (κ2) is 6.63. The summed E-state index contributed by atoms with van der Waals surface area (Å²) >= 11 is 3.44. The maximum atomic E-state index is 12.2. The topological polar surface area (TPSA) is 29.5 Å². The van der Waals surface area contributed by atoms with Crippen LogP contribution < -0.4 is 0 Å². The number of rotatable bonds is 3. The van der Waals surface area contributed by atoms with Crippen LogP contribution >= 0.6 is 15.9 Å². The first-order chi connectivity index (χ1) is 10.6. The van der Waals surface area contributed by atoms with Crippen LogP contribution in [0.4, 0.5) is 0 Å². The summed E-state index contributed by atoms with van der Waals surface area (Å²) in [7, 11) is 0. The van der Waals surface area contributed by atoms with E-state index >= 15 is 0 Å². The van der Waals surface area contributed by atoms with Crippen LogP contribution in [0, 0.1) is 0 Å². The van der Waals surface area contributed by atoms with E-state index < -0.39 is 0 Å². The molecule has 0 N–H and O–H groups in total. The molecule has 1 aliphatic rings. The average molecular weight is 360 g/mol. The summed E-state index contributed by atoms with van der Waals surface area (Å²) in [5, 5.41) is 0. The number of carbonyl (C=O) groups excluding carboxylic acids is 1. The van der Waals surface area contributed by atoms with E-state index in [1.807, 2.05) is 47.4 Å². The van der Waals surface area contributed by atoms with Crippen LogP contribution in [0.15, 0.2) is 59.1 Å². The van der Waals surface area contributed by atoms with E-state index in [0.717, 1.165) is 15.6 Å². The molecule has 1 fully saturated rings. The van der Waals surface area contributed by atoms with Crippen LogP contribution in [-0.4, -0.2) is 24.0 Å². The van der Waals surface area contributed by atoms with Gasteiger partial charge in [-0.2, -0.15) is 0 Å². The molecule has 3 rings (SSSR count). The zero-order valence-corrected chi connectivity index (χ0v) is 14.0. The fourth-order valence-electron chi connectivity index (χ4n) is 2.75. The smallest absolute Gasteiger partial charge is 0.249 e. The van der Waals surface area contributed by atoms with Crippen molar-refractivity contribution < 1.29 is 9.53 Å². The molecule has 2 aromatic rings. The van der Waals surface area contributed by atoms with Crippen molar-refractivity contribution in [3.05, 3.63) is 70.2 Å². The second-order valence-electron chi connectivity index (χ2n) is 5.48. The maximum absolute atomic E-state index is 12.2. The lowest BCUT2D eigenvalue weighted by molar-refractivity contribution is -0.152. The van der Waals surface area contributed by atoms with E-state index in [2.05, 4.69) is 35.0 Å². The number of nitrogens with zero attached hydrogens (tertiary/aromatic N) is 1. The van der Waals surface area contributed by atoms with Gasteiger partial charge in [-0.3, -0.25) is 4.79 Å². The molecule has 114 valence electrons. The maximum Gasteiger partial charge on any atom is 0.249 e. The molecule has 0 saturated carbocycles. The number of hydrogen-bond donors (Lipinski definition) is 0. The fraction of sp³-hybridized carbons (Fsp3) is 0.278. The van der Waals surface area contributed by atoms with Gasteiger partial charge in [-0.05, 0) is 30.2 Å². The molecule has 1 amide bonds. The molecule has 3 nitrogen and oxygen atoms in total. The molecular weight excluding hydrogens is 342 g/mol. The summed E-state index contributed by atoms with van der Waals surface area (Å²) in [6.07, 6.45) is -0.0723. The van der Waals surface area contributed by atoms with E-state index in [4.69, 9.17) is 4.74 Å². The molecule has 0 radical (unpaired) electrons. The molecule has 1 heterocycles. The van der Waals surface area contributed by atoms with Gasteiger partial charge in [0.15, 0.2) is 0 Å². The Hall–Kier alpha value is -1.65. The molecule has 0 aliphatic carbocycles. The minimum absolute atomic E-state index is 0.0460. The minimum atomic E-state index is -0.0723. The quantitative estimate of drug-likeness (QED) is 0.825. The highest BCUT2D eigenvalue weighted by Gasteiger charge is 2.30. The predicted octanol–water partition coefficient (Wildman–Crippen LogP) is 4.11. The number of halogens is 1. The fourth-order valence-corrected chi connectivity index (χ4v) is 3.02. The van der Waals surface area contributed by atoms with Gasteiger partial charge in [-0.25, -0.2) is 0 Å². The summed E-state index contributed by atoms with van der Waals surface area (Å²) < 4.78 is 6.77. The van der Waals surface area contributed by atoms with Crippen molar-refractivity contribution in [2.75, 3.05) is 13.2 Å². The normalized spacial score (nSPS) is 20.0. The summed E-state index contributed by atoms with van der Waals surface area (Å²) in [4.78, 5) is 14.1. The van der Waals surface area contributed by atoms with E-state index in [-0.39, 0.29) is 24.7 Å². The van der Waals surface area contributed by atoms with E-state index in [0.29, 0.717) is 6.54 Å². The molecule has 2 atom stereocenters. The van der Waals surface area contributed by atoms with Gasteiger partial charge in [0.2, 0.25) is 5.91 Å². The van der Waals surface area contributed by atoms with Crippen molar-refractivity contribution in [3.8, 4) is 0 Å². The zero-order valence-electron chi connectivity index (χ0n) is 12.4. The largest absolute Gasteiger partial charge is 0.362 e. The zero-order chi connectivity index (χ0) is 15.5. The lowest BCUT2D eigenvalue weighted by atomic mass is 10.0. The van der Waals surface area contributed by atoms with E-state index in [1.165, 1.54) is 0 Å². The van der Waals surface area contributed by atoms with Crippen LogP contribution in [0.25, 0.3) is 0 Å². The number of hydrogen-bond acceptors (Lipinski definition) is 2. The third-order valence-electron chi connectivity index (χ3n) is 4.08. The molecular formula is C18H18BrNO2. The lowest BCUT2D eigenvalue weighted by Crippen LogP contribution is -2.44. The van der Waals surface area contributed by atoms with Crippen molar-refractivity contribution in [2.45, 2.75) is 19.1 Å². The monoisotopic (exact) mass is 359 g/mol. The molecule has 1 aliphatic heterocycles. The van der Waals surface area contributed by atoms with Gasteiger partial charge in [-0.15, -0.1) is 0 Å². The van der Waals surface area contributed by atoms with Crippen LogP contribution in [0.5, 0.6) is 0 Å². The highest BCUT2D eigenvalue weighted by Crippen LogP contribution is 2.29. The van der Waals surface area contributed by atoms with Gasteiger partial charge < -0.3 is 9.64 Å². The standard InChI is InChI=1S/C18H18BrNO2/c1-13(14-5-3-2-4-6-14)20-11-17(22-12-18(20)21)15-7-9-16(19)10-8-15/h2-10,13,17H,11-12H2,1H3/t13-,17+/m1/s1. The van der Waals surface area contributed by atoms with Crippen molar-refractivity contribution in [1.82, 2.24) is 4.90 Å². The summed E-state index contributed by atoms with van der Waals surface area (Å²) in [5.41, 5.74) is 2.24. The SMILES string of the molecule is C[C@H](c1ccccc1)N1C[C@@H](c2ccc(Br)cc2)OCC1=O. The van der Waals surface area contributed by atoms with Gasteiger partial charge >= 0.3 is 0 Å². The minimum Gasteiger partial charge on any atom is -0.362 e. The van der Waals surface area contributed by atoms with Crippen molar-refractivity contribution >= 4 is 21.8 Å². The first kappa shape index (κ1) is 15.3. The van der Waals surface area contributed by atoms with Gasteiger partial charge in [-0.1, -0.05) is 58.4 Å². The summed E-state index contributed by atoms with van der Waals surface area (Å²) in [5.74, 6) is 0.0460. The van der Waals surface area contributed by atoms with Crippen LogP contribution in [0.1, 0.15) is 30.2 Å². The van der Waals surface area contributed by atoms with Gasteiger partial charge in [0, 0.05) is 4.47 Å². The highest BCUT2D eigenvalue weighted by molar-refractivity contribution is 9.10. The molecule has 4 heteroatoms. The van der Waals surface area contributed by atoms with Gasteiger partial charge in [0.1, 0.15) is 12.7 Å². The Bertz CT molecular complexity index is 642. The van der Waals surface area contributed by atoms with Crippen LogP contribution in [0.2, 0.25) is 0 Å². The van der Waals surface area contributed by atoms with Gasteiger partial charge in [0.05, 0.1) is 12.6 Å². The van der Waals surface area contributed by atoms with E-state index in [9.17, 15) is 4.79 Å². The molecule has 0 aromatic heterocycles. The average Bonchev–Trinajstić information content (AvgIpc) is 2.56. The van der Waals surface area contributed by atoms with Crippen molar-refractivity contribution in [1.29, 1.82) is 0 Å². The summed E-state index contributed by atoms with van der Waals surface area (Å²) in [6.45, 7) is 2.78. The predicted molar refractivity (Wildman–Crippen MR) is 89.4 cm³/mol. The van der Waals surface area contributed by atoms with Crippen LogP contribution in [-0.2, 0) is 9.53 Å². The van der Waals surface area contributed by atoms with Gasteiger partial charge in [0.25, 0.3) is 0 Å². The Kier molecular flexibility index (Phi) is 4.60. The summed E-state index contributed by atoms with van der Waals surface area (Å²) in [6, 6.07) is 18.2. The molecule has 0 spiro atoms. The number of benzene rings is 2. The van der Waals surface area contributed by atoms with Crippen molar-refractivity contribution in [3.63, 3.8) is 0 Å². The molecule has 2 aromatic carbocycles. The Morgan fingerprint density at radius 3 is 2.50 bits per heavy atom. The number of amides is 1. The number of morpholine rings is 1. The second-order valence-corrected chi connectivity index (χ2v) is 6.40. The number of ether oxygens (including phenoxy) is 1.